The molecule has 6 heteroatoms. The zero-order chi connectivity index (χ0) is 16.1. The van der Waals surface area contributed by atoms with Gasteiger partial charge in [-0.25, -0.2) is 0 Å². The van der Waals surface area contributed by atoms with Crippen LogP contribution < -0.4 is 5.32 Å². The van der Waals surface area contributed by atoms with E-state index in [1.807, 2.05) is 42.7 Å². The van der Waals surface area contributed by atoms with E-state index in [9.17, 15) is 4.79 Å². The summed E-state index contributed by atoms with van der Waals surface area (Å²) in [7, 11) is 0. The number of nitrogens with zero attached hydrogens (tertiary/aromatic N) is 3. The molecule has 0 fully saturated rings. The molecule has 1 aromatic carbocycles. The number of aromatic nitrogens is 3. The lowest BCUT2D eigenvalue weighted by atomic mass is 10.1. The van der Waals surface area contributed by atoms with Gasteiger partial charge in [-0.3, -0.25) is 9.36 Å². The van der Waals surface area contributed by atoms with E-state index in [2.05, 4.69) is 29.4 Å². The van der Waals surface area contributed by atoms with Gasteiger partial charge in [0.25, 0.3) is 0 Å². The fraction of sp³-hybridized carbons (Fsp3) is 0.438. The minimum Gasteiger partial charge on any atom is -0.353 e. The van der Waals surface area contributed by atoms with E-state index < -0.39 is 0 Å². The molecule has 2 aromatic rings. The Bertz CT molecular complexity index is 639. The molecule has 2 rings (SSSR count). The lowest BCUT2D eigenvalue weighted by Crippen LogP contribution is -2.37. The monoisotopic (exact) mass is 318 g/mol. The highest BCUT2D eigenvalue weighted by Gasteiger charge is 2.14. The molecule has 0 saturated heterocycles. The van der Waals surface area contributed by atoms with Crippen LogP contribution in [0.15, 0.2) is 35.7 Å². The quantitative estimate of drug-likeness (QED) is 0.832. The number of amides is 1. The third-order valence-corrected chi connectivity index (χ3v) is 4.56. The molecule has 0 radical (unpaired) electrons. The van der Waals surface area contributed by atoms with E-state index in [1.165, 1.54) is 11.8 Å². The topological polar surface area (TPSA) is 59.8 Å². The molecule has 0 aliphatic heterocycles. The molecular formula is C16H22N4OS. The van der Waals surface area contributed by atoms with E-state index in [4.69, 9.17) is 0 Å². The van der Waals surface area contributed by atoms with Crippen molar-refractivity contribution in [2.45, 2.75) is 38.9 Å². The lowest BCUT2D eigenvalue weighted by Gasteiger charge is -2.17. The minimum atomic E-state index is 0.0190. The minimum absolute atomic E-state index is 0.0190. The average molecular weight is 318 g/mol. The number of carbonyl (C=O) groups is 1. The van der Waals surface area contributed by atoms with Crippen LogP contribution >= 0.6 is 11.8 Å². The first kappa shape index (κ1) is 16.5. The summed E-state index contributed by atoms with van der Waals surface area (Å²) in [5.74, 6) is 0.775. The van der Waals surface area contributed by atoms with Crippen LogP contribution in [-0.2, 0) is 4.79 Å². The third-order valence-electron chi connectivity index (χ3n) is 3.61. The molecule has 1 aromatic heterocycles. The SMILES string of the molecule is Cc1ccccc1-n1cnnc1SCC(=O)N[C@H](C)C(C)C. The Balaban J connectivity index is 2.02. The van der Waals surface area contributed by atoms with Crippen LogP contribution in [0.25, 0.3) is 5.69 Å². The molecule has 0 bridgehead atoms. The second-order valence-electron chi connectivity index (χ2n) is 5.66. The Morgan fingerprint density at radius 3 is 2.73 bits per heavy atom. The molecule has 0 aliphatic carbocycles. The molecule has 1 N–H and O–H groups in total. The molecule has 22 heavy (non-hydrogen) atoms. The second kappa shape index (κ2) is 7.45. The average Bonchev–Trinajstić information content (AvgIpc) is 2.93. The van der Waals surface area contributed by atoms with Gasteiger partial charge in [0.2, 0.25) is 5.91 Å². The first-order valence-electron chi connectivity index (χ1n) is 7.37. The summed E-state index contributed by atoms with van der Waals surface area (Å²) < 4.78 is 1.92. The summed E-state index contributed by atoms with van der Waals surface area (Å²) in [6.07, 6.45) is 1.68. The molecule has 1 amide bonds. The van der Waals surface area contributed by atoms with Crippen LogP contribution in [0.2, 0.25) is 0 Å². The first-order valence-corrected chi connectivity index (χ1v) is 8.35. The van der Waals surface area contributed by atoms with Gasteiger partial charge in [-0.15, -0.1) is 10.2 Å². The molecule has 0 aliphatic rings. The van der Waals surface area contributed by atoms with Gasteiger partial charge in [0, 0.05) is 6.04 Å². The number of carbonyl (C=O) groups excluding carboxylic acids is 1. The highest BCUT2D eigenvalue weighted by atomic mass is 32.2. The summed E-state index contributed by atoms with van der Waals surface area (Å²) in [6, 6.07) is 8.21. The number of hydrogen-bond acceptors (Lipinski definition) is 4. The highest BCUT2D eigenvalue weighted by molar-refractivity contribution is 7.99. The molecule has 1 heterocycles. The maximum atomic E-state index is 12.0. The maximum Gasteiger partial charge on any atom is 0.230 e. The highest BCUT2D eigenvalue weighted by Crippen LogP contribution is 2.21. The van der Waals surface area contributed by atoms with E-state index in [1.54, 1.807) is 6.33 Å². The summed E-state index contributed by atoms with van der Waals surface area (Å²) >= 11 is 1.40. The first-order chi connectivity index (χ1) is 10.5. The fourth-order valence-corrected chi connectivity index (χ4v) is 2.65. The van der Waals surface area contributed by atoms with Gasteiger partial charge < -0.3 is 5.32 Å². The van der Waals surface area contributed by atoms with Crippen molar-refractivity contribution in [3.8, 4) is 5.69 Å². The zero-order valence-electron chi connectivity index (χ0n) is 13.4. The van der Waals surface area contributed by atoms with Crippen LogP contribution in [0.1, 0.15) is 26.3 Å². The van der Waals surface area contributed by atoms with Crippen molar-refractivity contribution in [3.63, 3.8) is 0 Å². The molecule has 0 saturated carbocycles. The summed E-state index contributed by atoms with van der Waals surface area (Å²) in [5, 5.41) is 11.8. The Labute approximate surface area is 135 Å². The Morgan fingerprint density at radius 1 is 1.32 bits per heavy atom. The standard InChI is InChI=1S/C16H22N4OS/c1-11(2)13(4)18-15(21)9-22-16-19-17-10-20(16)14-8-6-5-7-12(14)3/h5-8,10-11,13H,9H2,1-4H3,(H,18,21)/t13-/m1/s1. The second-order valence-corrected chi connectivity index (χ2v) is 6.60. The normalized spacial score (nSPS) is 12.4. The number of rotatable bonds is 6. The van der Waals surface area contributed by atoms with Gasteiger partial charge in [-0.2, -0.15) is 0 Å². The van der Waals surface area contributed by atoms with Crippen molar-refractivity contribution in [2.75, 3.05) is 5.75 Å². The number of para-hydroxylation sites is 1. The lowest BCUT2D eigenvalue weighted by molar-refractivity contribution is -0.119. The number of aryl methyl sites for hydroxylation is 1. The summed E-state index contributed by atoms with van der Waals surface area (Å²) in [5.41, 5.74) is 2.17. The predicted octanol–water partition coefficient (Wildman–Crippen LogP) is 2.83. The molecule has 1 atom stereocenters. The van der Waals surface area contributed by atoms with E-state index in [0.29, 0.717) is 11.7 Å². The van der Waals surface area contributed by atoms with E-state index in [-0.39, 0.29) is 11.9 Å². The molecule has 5 nitrogen and oxygen atoms in total. The van der Waals surface area contributed by atoms with Crippen LogP contribution in [0.4, 0.5) is 0 Å². The Kier molecular flexibility index (Phi) is 5.60. The molecule has 0 spiro atoms. The summed E-state index contributed by atoms with van der Waals surface area (Å²) in [4.78, 5) is 12.0. The largest absolute Gasteiger partial charge is 0.353 e. The molecular weight excluding hydrogens is 296 g/mol. The van der Waals surface area contributed by atoms with Crippen molar-refractivity contribution in [1.82, 2.24) is 20.1 Å². The molecule has 118 valence electrons. The Hall–Kier alpha value is -1.82. The van der Waals surface area contributed by atoms with Crippen molar-refractivity contribution < 1.29 is 4.79 Å². The maximum absolute atomic E-state index is 12.0. The van der Waals surface area contributed by atoms with Crippen LogP contribution in [0, 0.1) is 12.8 Å². The Morgan fingerprint density at radius 2 is 2.05 bits per heavy atom. The summed E-state index contributed by atoms with van der Waals surface area (Å²) in [6.45, 7) is 8.24. The smallest absolute Gasteiger partial charge is 0.230 e. The van der Waals surface area contributed by atoms with Gasteiger partial charge in [-0.1, -0.05) is 43.8 Å². The zero-order valence-corrected chi connectivity index (χ0v) is 14.2. The van der Waals surface area contributed by atoms with Gasteiger partial charge in [0.05, 0.1) is 11.4 Å². The van der Waals surface area contributed by atoms with Crippen LogP contribution in [0.5, 0.6) is 0 Å². The van der Waals surface area contributed by atoms with Crippen molar-refractivity contribution in [3.05, 3.63) is 36.2 Å². The van der Waals surface area contributed by atoms with Gasteiger partial charge in [-0.05, 0) is 31.4 Å². The number of benzene rings is 1. The third kappa shape index (κ3) is 4.10. The van der Waals surface area contributed by atoms with Crippen molar-refractivity contribution in [2.24, 2.45) is 5.92 Å². The van der Waals surface area contributed by atoms with Crippen molar-refractivity contribution >= 4 is 17.7 Å². The number of thioether (sulfide) groups is 1. The van der Waals surface area contributed by atoms with Crippen LogP contribution in [-0.4, -0.2) is 32.5 Å². The fourth-order valence-electron chi connectivity index (χ4n) is 1.91. The van der Waals surface area contributed by atoms with Gasteiger partial charge in [0.15, 0.2) is 5.16 Å². The van der Waals surface area contributed by atoms with E-state index in [0.717, 1.165) is 16.4 Å². The van der Waals surface area contributed by atoms with Gasteiger partial charge >= 0.3 is 0 Å². The van der Waals surface area contributed by atoms with Gasteiger partial charge in [0.1, 0.15) is 6.33 Å². The number of nitrogens with one attached hydrogen (secondary N) is 1. The van der Waals surface area contributed by atoms with Crippen LogP contribution in [0.3, 0.4) is 0 Å². The van der Waals surface area contributed by atoms with E-state index >= 15 is 0 Å². The number of hydrogen-bond donors (Lipinski definition) is 1. The predicted molar refractivity (Wildman–Crippen MR) is 89.3 cm³/mol. The van der Waals surface area contributed by atoms with Crippen molar-refractivity contribution in [1.29, 1.82) is 0 Å². The molecule has 0 unspecified atom stereocenters.